The van der Waals surface area contributed by atoms with Crippen molar-refractivity contribution in [3.05, 3.63) is 35.4 Å². The van der Waals surface area contributed by atoms with E-state index >= 15 is 0 Å². The summed E-state index contributed by atoms with van der Waals surface area (Å²) in [5.74, 6) is 0. The molecule has 3 saturated carbocycles. The maximum absolute atomic E-state index is 13.0. The zero-order chi connectivity index (χ0) is 14.7. The number of rotatable bonds is 4. The van der Waals surface area contributed by atoms with Crippen LogP contribution in [0.4, 0.5) is 13.2 Å². The third-order valence-corrected chi connectivity index (χ3v) is 5.49. The standard InChI is InChI=1S/C17H20F3N/c18-17(19,20)13-3-1-2-12(8-13)16(11-21-14-4-5-14)9-15(10-16)6-7-15/h1-3,8,14,21H,4-7,9-11H2. The van der Waals surface area contributed by atoms with Crippen molar-refractivity contribution in [2.45, 2.75) is 56.2 Å². The predicted molar refractivity (Wildman–Crippen MR) is 75.0 cm³/mol. The van der Waals surface area contributed by atoms with E-state index in [9.17, 15) is 13.2 Å². The van der Waals surface area contributed by atoms with Crippen molar-refractivity contribution in [1.29, 1.82) is 0 Å². The first-order valence-electron chi connectivity index (χ1n) is 7.82. The molecular formula is C17H20F3N. The molecule has 3 aliphatic carbocycles. The van der Waals surface area contributed by atoms with Gasteiger partial charge in [-0.15, -0.1) is 0 Å². The summed E-state index contributed by atoms with van der Waals surface area (Å²) in [5, 5.41) is 3.54. The SMILES string of the molecule is FC(F)(F)c1cccc(C2(CNC3CC3)CC3(CC3)C2)c1. The van der Waals surface area contributed by atoms with Crippen LogP contribution in [0.25, 0.3) is 0 Å². The van der Waals surface area contributed by atoms with Crippen LogP contribution in [0.5, 0.6) is 0 Å². The van der Waals surface area contributed by atoms with E-state index in [2.05, 4.69) is 5.32 Å². The molecule has 0 saturated heterocycles. The molecule has 4 heteroatoms. The van der Waals surface area contributed by atoms with E-state index in [1.165, 1.54) is 37.8 Å². The Balaban J connectivity index is 1.60. The molecule has 1 nitrogen and oxygen atoms in total. The molecule has 21 heavy (non-hydrogen) atoms. The van der Waals surface area contributed by atoms with Gasteiger partial charge in [0.1, 0.15) is 0 Å². The minimum absolute atomic E-state index is 0.0691. The Morgan fingerprint density at radius 3 is 2.43 bits per heavy atom. The van der Waals surface area contributed by atoms with Crippen LogP contribution in [0.1, 0.15) is 49.7 Å². The molecule has 3 aliphatic rings. The largest absolute Gasteiger partial charge is 0.416 e. The van der Waals surface area contributed by atoms with Gasteiger partial charge in [0.05, 0.1) is 5.56 Å². The molecule has 0 unspecified atom stereocenters. The lowest BCUT2D eigenvalue weighted by molar-refractivity contribution is -0.137. The first kappa shape index (κ1) is 13.6. The first-order valence-corrected chi connectivity index (χ1v) is 7.82. The molecule has 0 aromatic heterocycles. The molecule has 1 N–H and O–H groups in total. The molecule has 1 aromatic rings. The topological polar surface area (TPSA) is 12.0 Å². The lowest BCUT2D eigenvalue weighted by Gasteiger charge is -2.50. The molecule has 0 radical (unpaired) electrons. The molecule has 0 bridgehead atoms. The molecular weight excluding hydrogens is 275 g/mol. The van der Waals surface area contributed by atoms with Crippen LogP contribution in [0.2, 0.25) is 0 Å². The van der Waals surface area contributed by atoms with Gasteiger partial charge in [-0.1, -0.05) is 18.2 Å². The molecule has 0 amide bonds. The summed E-state index contributed by atoms with van der Waals surface area (Å²) in [6, 6.07) is 6.61. The highest BCUT2D eigenvalue weighted by molar-refractivity contribution is 5.37. The van der Waals surface area contributed by atoms with Crippen molar-refractivity contribution in [2.24, 2.45) is 5.41 Å². The van der Waals surface area contributed by atoms with Crippen molar-refractivity contribution >= 4 is 0 Å². The van der Waals surface area contributed by atoms with Crippen LogP contribution in [0, 0.1) is 5.41 Å². The number of benzene rings is 1. The van der Waals surface area contributed by atoms with E-state index < -0.39 is 11.7 Å². The highest BCUT2D eigenvalue weighted by Gasteiger charge is 2.61. The van der Waals surface area contributed by atoms with Crippen LogP contribution in [-0.2, 0) is 11.6 Å². The first-order chi connectivity index (χ1) is 9.91. The van der Waals surface area contributed by atoms with Crippen molar-refractivity contribution in [2.75, 3.05) is 6.54 Å². The lowest BCUT2D eigenvalue weighted by Crippen LogP contribution is -2.50. The van der Waals surface area contributed by atoms with Gasteiger partial charge in [0.2, 0.25) is 0 Å². The van der Waals surface area contributed by atoms with Crippen LogP contribution >= 0.6 is 0 Å². The van der Waals surface area contributed by atoms with E-state index in [0.717, 1.165) is 24.9 Å². The van der Waals surface area contributed by atoms with E-state index in [4.69, 9.17) is 0 Å². The van der Waals surface area contributed by atoms with E-state index in [1.54, 1.807) is 6.07 Å². The van der Waals surface area contributed by atoms with Gasteiger partial charge < -0.3 is 5.32 Å². The van der Waals surface area contributed by atoms with Gasteiger partial charge in [-0.2, -0.15) is 13.2 Å². The number of hydrogen-bond donors (Lipinski definition) is 1. The summed E-state index contributed by atoms with van der Waals surface area (Å²) in [7, 11) is 0. The van der Waals surface area contributed by atoms with Crippen molar-refractivity contribution in [3.63, 3.8) is 0 Å². The van der Waals surface area contributed by atoms with Gasteiger partial charge in [-0.25, -0.2) is 0 Å². The monoisotopic (exact) mass is 295 g/mol. The van der Waals surface area contributed by atoms with Crippen LogP contribution in [0.15, 0.2) is 24.3 Å². The zero-order valence-corrected chi connectivity index (χ0v) is 12.0. The fourth-order valence-corrected chi connectivity index (χ4v) is 4.00. The smallest absolute Gasteiger partial charge is 0.313 e. The summed E-state index contributed by atoms with van der Waals surface area (Å²) in [6.45, 7) is 0.834. The highest BCUT2D eigenvalue weighted by Crippen LogP contribution is 2.68. The number of hydrogen-bond acceptors (Lipinski definition) is 1. The van der Waals surface area contributed by atoms with E-state index in [1.807, 2.05) is 6.07 Å². The van der Waals surface area contributed by atoms with Crippen LogP contribution in [0.3, 0.4) is 0 Å². The van der Waals surface area contributed by atoms with Gasteiger partial charge >= 0.3 is 6.18 Å². The van der Waals surface area contributed by atoms with Crippen LogP contribution in [-0.4, -0.2) is 12.6 Å². The summed E-state index contributed by atoms with van der Waals surface area (Å²) in [4.78, 5) is 0. The third-order valence-electron chi connectivity index (χ3n) is 5.49. The molecule has 1 aromatic carbocycles. The number of halogens is 3. The average molecular weight is 295 g/mol. The quantitative estimate of drug-likeness (QED) is 0.874. The molecule has 1 spiro atoms. The van der Waals surface area contributed by atoms with Gasteiger partial charge in [0, 0.05) is 18.0 Å². The molecule has 3 fully saturated rings. The molecule has 114 valence electrons. The van der Waals surface area contributed by atoms with Gasteiger partial charge in [0.25, 0.3) is 0 Å². The molecule has 0 aliphatic heterocycles. The predicted octanol–water partition coefficient (Wildman–Crippen LogP) is 4.27. The maximum Gasteiger partial charge on any atom is 0.416 e. The van der Waals surface area contributed by atoms with Gasteiger partial charge in [0.15, 0.2) is 0 Å². The zero-order valence-electron chi connectivity index (χ0n) is 12.0. The Hall–Kier alpha value is -1.03. The summed E-state index contributed by atoms with van der Waals surface area (Å²) >= 11 is 0. The van der Waals surface area contributed by atoms with Crippen molar-refractivity contribution in [3.8, 4) is 0 Å². The number of nitrogens with one attached hydrogen (secondary N) is 1. The third kappa shape index (κ3) is 2.48. The van der Waals surface area contributed by atoms with Crippen molar-refractivity contribution < 1.29 is 13.2 Å². The normalized spacial score (nSPS) is 25.7. The lowest BCUT2D eigenvalue weighted by atomic mass is 9.56. The highest BCUT2D eigenvalue weighted by atomic mass is 19.4. The Labute approximate surface area is 122 Å². The maximum atomic E-state index is 13.0. The van der Waals surface area contributed by atoms with Gasteiger partial charge in [-0.3, -0.25) is 0 Å². The minimum Gasteiger partial charge on any atom is -0.313 e. The fraction of sp³-hybridized carbons (Fsp3) is 0.647. The average Bonchev–Trinajstić information content (AvgIpc) is 3.28. The van der Waals surface area contributed by atoms with Crippen molar-refractivity contribution in [1.82, 2.24) is 5.32 Å². The molecule has 0 heterocycles. The van der Waals surface area contributed by atoms with E-state index in [-0.39, 0.29) is 5.41 Å². The minimum atomic E-state index is -4.25. The summed E-state index contributed by atoms with van der Waals surface area (Å²) in [6.07, 6.45) is 2.81. The second-order valence-electron chi connectivity index (χ2n) is 7.37. The summed E-state index contributed by atoms with van der Waals surface area (Å²) in [5.41, 5.74) is 0.769. The summed E-state index contributed by atoms with van der Waals surface area (Å²) < 4.78 is 38.9. The Morgan fingerprint density at radius 2 is 1.86 bits per heavy atom. The van der Waals surface area contributed by atoms with E-state index in [0.29, 0.717) is 11.5 Å². The van der Waals surface area contributed by atoms with Crippen LogP contribution < -0.4 is 5.32 Å². The fourth-order valence-electron chi connectivity index (χ4n) is 4.00. The molecule has 0 atom stereocenters. The second kappa shape index (κ2) is 4.25. The Morgan fingerprint density at radius 1 is 1.14 bits per heavy atom. The number of alkyl halides is 3. The van der Waals surface area contributed by atoms with Gasteiger partial charge in [-0.05, 0) is 55.6 Å². The Kier molecular flexibility index (Phi) is 2.76. The second-order valence-corrected chi connectivity index (χ2v) is 7.37. The molecule has 4 rings (SSSR count). The Bertz CT molecular complexity index is 547.